The number of hydrogen-bond donors (Lipinski definition) is 0. The monoisotopic (exact) mass is 298 g/mol. The minimum atomic E-state index is 0.149. The molecule has 1 aromatic heterocycles. The molecule has 20 heavy (non-hydrogen) atoms. The number of amides is 1. The Bertz CT molecular complexity index is 444. The first-order valence-corrected chi connectivity index (χ1v) is 8.07. The van der Waals surface area contributed by atoms with Gasteiger partial charge in [-0.25, -0.2) is 0 Å². The molecule has 0 aromatic carbocycles. The van der Waals surface area contributed by atoms with Gasteiger partial charge in [0.15, 0.2) is 5.16 Å². The number of aryl methyl sites for hydroxylation is 1. The topological polar surface area (TPSA) is 60.3 Å². The van der Waals surface area contributed by atoms with Crippen molar-refractivity contribution in [3.63, 3.8) is 0 Å². The first kappa shape index (κ1) is 15.3. The Morgan fingerprint density at radius 2 is 2.10 bits per heavy atom. The summed E-state index contributed by atoms with van der Waals surface area (Å²) in [6.07, 6.45) is 3.20. The van der Waals surface area contributed by atoms with E-state index in [4.69, 9.17) is 4.74 Å². The number of carbonyl (C=O) groups is 1. The van der Waals surface area contributed by atoms with Crippen molar-refractivity contribution in [1.82, 2.24) is 19.7 Å². The Hall–Kier alpha value is -1.08. The number of unbranched alkanes of at least 4 members (excludes halogenated alkanes) is 1. The van der Waals surface area contributed by atoms with Gasteiger partial charge in [-0.05, 0) is 6.42 Å². The molecule has 0 radical (unpaired) electrons. The maximum Gasteiger partial charge on any atom is 0.233 e. The molecule has 1 aliphatic heterocycles. The molecule has 0 saturated carbocycles. The molecule has 0 atom stereocenters. The van der Waals surface area contributed by atoms with Crippen molar-refractivity contribution in [1.29, 1.82) is 0 Å². The molecule has 2 heterocycles. The fourth-order valence-electron chi connectivity index (χ4n) is 2.05. The van der Waals surface area contributed by atoms with Crippen LogP contribution in [0.3, 0.4) is 0 Å². The van der Waals surface area contributed by atoms with E-state index < -0.39 is 0 Å². The minimum absolute atomic E-state index is 0.149. The van der Waals surface area contributed by atoms with Gasteiger partial charge >= 0.3 is 0 Å². The molecule has 0 unspecified atom stereocenters. The highest BCUT2D eigenvalue weighted by Crippen LogP contribution is 2.17. The molecule has 0 spiro atoms. The highest BCUT2D eigenvalue weighted by molar-refractivity contribution is 7.99. The third kappa shape index (κ3) is 3.96. The first-order valence-electron chi connectivity index (χ1n) is 7.09. The molecule has 1 amide bonds. The van der Waals surface area contributed by atoms with Crippen molar-refractivity contribution in [2.45, 2.75) is 31.3 Å². The number of morpholine rings is 1. The van der Waals surface area contributed by atoms with Gasteiger partial charge in [0.2, 0.25) is 5.91 Å². The maximum atomic E-state index is 12.1. The molecule has 1 aromatic rings. The summed E-state index contributed by atoms with van der Waals surface area (Å²) in [5.41, 5.74) is 0. The summed E-state index contributed by atoms with van der Waals surface area (Å²) in [4.78, 5) is 13.9. The number of aromatic nitrogens is 3. The van der Waals surface area contributed by atoms with Gasteiger partial charge in [-0.3, -0.25) is 4.79 Å². The third-order valence-corrected chi connectivity index (χ3v) is 4.37. The molecule has 1 aliphatic rings. The Morgan fingerprint density at radius 3 is 2.80 bits per heavy atom. The van der Waals surface area contributed by atoms with Crippen molar-refractivity contribution in [3.8, 4) is 0 Å². The van der Waals surface area contributed by atoms with Crippen molar-refractivity contribution >= 4 is 17.7 Å². The van der Waals surface area contributed by atoms with E-state index in [9.17, 15) is 4.79 Å². The molecular formula is C13H22N4O2S. The van der Waals surface area contributed by atoms with Crippen LogP contribution in [0.25, 0.3) is 0 Å². The molecule has 6 nitrogen and oxygen atoms in total. The van der Waals surface area contributed by atoms with E-state index in [2.05, 4.69) is 17.1 Å². The largest absolute Gasteiger partial charge is 0.378 e. The predicted octanol–water partition coefficient (Wildman–Crippen LogP) is 1.11. The van der Waals surface area contributed by atoms with Crippen LogP contribution in [-0.2, 0) is 23.0 Å². The van der Waals surface area contributed by atoms with Gasteiger partial charge in [-0.1, -0.05) is 25.1 Å². The second-order valence-corrected chi connectivity index (χ2v) is 5.79. The fraction of sp³-hybridized carbons (Fsp3) is 0.769. The van der Waals surface area contributed by atoms with Gasteiger partial charge in [-0.15, -0.1) is 10.2 Å². The smallest absolute Gasteiger partial charge is 0.233 e. The van der Waals surface area contributed by atoms with Gasteiger partial charge < -0.3 is 14.2 Å². The lowest BCUT2D eigenvalue weighted by Gasteiger charge is -2.26. The van der Waals surface area contributed by atoms with Crippen LogP contribution in [0.15, 0.2) is 5.16 Å². The van der Waals surface area contributed by atoms with Crippen LogP contribution >= 0.6 is 11.8 Å². The third-order valence-electron chi connectivity index (χ3n) is 3.37. The summed E-state index contributed by atoms with van der Waals surface area (Å²) in [6.45, 7) is 4.83. The van der Waals surface area contributed by atoms with E-state index in [-0.39, 0.29) is 5.91 Å². The van der Waals surface area contributed by atoms with Crippen LogP contribution in [0.2, 0.25) is 0 Å². The molecule has 0 bridgehead atoms. The number of thioether (sulfide) groups is 1. The van der Waals surface area contributed by atoms with Gasteiger partial charge in [0.05, 0.1) is 19.0 Å². The van der Waals surface area contributed by atoms with Crippen LogP contribution in [0, 0.1) is 0 Å². The minimum Gasteiger partial charge on any atom is -0.378 e. The van der Waals surface area contributed by atoms with Gasteiger partial charge in [0.1, 0.15) is 5.82 Å². The van der Waals surface area contributed by atoms with Crippen molar-refractivity contribution in [2.24, 2.45) is 7.05 Å². The SMILES string of the molecule is CCCCc1nnc(SCC(=O)N2CCOCC2)n1C. The van der Waals surface area contributed by atoms with E-state index in [0.717, 1.165) is 30.2 Å². The van der Waals surface area contributed by atoms with Gasteiger partial charge in [0, 0.05) is 26.6 Å². The summed E-state index contributed by atoms with van der Waals surface area (Å²) in [5, 5.41) is 9.17. The van der Waals surface area contributed by atoms with Crippen molar-refractivity contribution < 1.29 is 9.53 Å². The molecule has 7 heteroatoms. The fourth-order valence-corrected chi connectivity index (χ4v) is 2.89. The number of ether oxygens (including phenoxy) is 1. The number of nitrogens with zero attached hydrogens (tertiary/aromatic N) is 4. The van der Waals surface area contributed by atoms with E-state index in [0.29, 0.717) is 32.1 Å². The number of rotatable bonds is 6. The molecule has 2 rings (SSSR count). The zero-order valence-electron chi connectivity index (χ0n) is 12.2. The summed E-state index contributed by atoms with van der Waals surface area (Å²) >= 11 is 1.46. The standard InChI is InChI=1S/C13H22N4O2S/c1-3-4-5-11-14-15-13(16(11)2)20-10-12(18)17-6-8-19-9-7-17/h3-10H2,1-2H3. The molecule has 0 N–H and O–H groups in total. The summed E-state index contributed by atoms with van der Waals surface area (Å²) in [6, 6.07) is 0. The van der Waals surface area contributed by atoms with Crippen molar-refractivity contribution in [2.75, 3.05) is 32.1 Å². The lowest BCUT2D eigenvalue weighted by Crippen LogP contribution is -2.41. The van der Waals surface area contributed by atoms with E-state index in [1.54, 1.807) is 0 Å². The van der Waals surface area contributed by atoms with Crippen molar-refractivity contribution in [3.05, 3.63) is 5.82 Å². The van der Waals surface area contributed by atoms with Gasteiger partial charge in [0.25, 0.3) is 0 Å². The molecule has 1 fully saturated rings. The molecule has 1 saturated heterocycles. The zero-order valence-corrected chi connectivity index (χ0v) is 13.0. The average Bonchev–Trinajstić information content (AvgIpc) is 2.84. The summed E-state index contributed by atoms with van der Waals surface area (Å²) < 4.78 is 7.24. The van der Waals surface area contributed by atoms with Crippen LogP contribution in [0.4, 0.5) is 0 Å². The number of hydrogen-bond acceptors (Lipinski definition) is 5. The van der Waals surface area contributed by atoms with Crippen LogP contribution in [0.1, 0.15) is 25.6 Å². The Morgan fingerprint density at radius 1 is 1.35 bits per heavy atom. The Labute approximate surface area is 123 Å². The first-order chi connectivity index (χ1) is 9.72. The molecule has 112 valence electrons. The maximum absolute atomic E-state index is 12.1. The Kier molecular flexibility index (Phi) is 5.85. The average molecular weight is 298 g/mol. The predicted molar refractivity (Wildman–Crippen MR) is 77.7 cm³/mol. The normalized spacial score (nSPS) is 15.6. The van der Waals surface area contributed by atoms with E-state index in [1.807, 2.05) is 16.5 Å². The summed E-state index contributed by atoms with van der Waals surface area (Å²) in [5.74, 6) is 1.56. The van der Waals surface area contributed by atoms with Crippen LogP contribution in [-0.4, -0.2) is 57.6 Å². The zero-order chi connectivity index (χ0) is 14.4. The van der Waals surface area contributed by atoms with E-state index >= 15 is 0 Å². The second kappa shape index (κ2) is 7.64. The number of carbonyl (C=O) groups excluding carboxylic acids is 1. The second-order valence-electron chi connectivity index (χ2n) is 4.84. The quantitative estimate of drug-likeness (QED) is 0.736. The molecule has 0 aliphatic carbocycles. The highest BCUT2D eigenvalue weighted by atomic mass is 32.2. The van der Waals surface area contributed by atoms with Crippen LogP contribution < -0.4 is 0 Å². The van der Waals surface area contributed by atoms with E-state index in [1.165, 1.54) is 11.8 Å². The van der Waals surface area contributed by atoms with Crippen LogP contribution in [0.5, 0.6) is 0 Å². The Balaban J connectivity index is 1.84. The lowest BCUT2D eigenvalue weighted by atomic mass is 10.2. The molecular weight excluding hydrogens is 276 g/mol. The lowest BCUT2D eigenvalue weighted by molar-refractivity contribution is -0.132. The summed E-state index contributed by atoms with van der Waals surface area (Å²) in [7, 11) is 1.96. The van der Waals surface area contributed by atoms with Gasteiger partial charge in [-0.2, -0.15) is 0 Å². The highest BCUT2D eigenvalue weighted by Gasteiger charge is 2.18.